The van der Waals surface area contributed by atoms with Gasteiger partial charge in [0.15, 0.2) is 0 Å². The molecule has 0 aliphatic heterocycles. The molecule has 2 amide bonds. The lowest BCUT2D eigenvalue weighted by Crippen LogP contribution is -2.65. The van der Waals surface area contributed by atoms with Crippen LogP contribution < -0.4 is 11.1 Å². The van der Waals surface area contributed by atoms with Crippen molar-refractivity contribution < 1.29 is 18.4 Å². The van der Waals surface area contributed by atoms with Crippen LogP contribution in [0, 0.1) is 28.9 Å². The summed E-state index contributed by atoms with van der Waals surface area (Å²) in [7, 11) is 0. The Labute approximate surface area is 138 Å². The van der Waals surface area contributed by atoms with Gasteiger partial charge in [-0.3, -0.25) is 9.59 Å². The maximum absolute atomic E-state index is 13.9. The topological polar surface area (TPSA) is 72.2 Å². The molecule has 24 heavy (non-hydrogen) atoms. The summed E-state index contributed by atoms with van der Waals surface area (Å²) in [5, 5.41) is 2.94. The maximum atomic E-state index is 13.9. The van der Waals surface area contributed by atoms with Gasteiger partial charge in [0.2, 0.25) is 5.91 Å². The number of carbonyl (C=O) groups is 2. The van der Waals surface area contributed by atoms with Gasteiger partial charge in [0.1, 0.15) is 11.6 Å². The lowest BCUT2D eigenvalue weighted by atomic mass is 9.46. The van der Waals surface area contributed by atoms with E-state index in [0.717, 1.165) is 50.3 Å². The summed E-state index contributed by atoms with van der Waals surface area (Å²) >= 11 is 0. The zero-order chi connectivity index (χ0) is 17.1. The summed E-state index contributed by atoms with van der Waals surface area (Å²) in [6, 6.07) is 2.85. The first-order valence-corrected chi connectivity index (χ1v) is 8.38. The van der Waals surface area contributed by atoms with E-state index in [2.05, 4.69) is 5.32 Å². The van der Waals surface area contributed by atoms with Gasteiger partial charge in [-0.05, 0) is 68.6 Å². The molecule has 128 valence electrons. The number of hydrogen-bond donors (Lipinski definition) is 2. The molecule has 4 nitrogen and oxygen atoms in total. The van der Waals surface area contributed by atoms with Crippen LogP contribution in [-0.2, 0) is 4.79 Å². The lowest BCUT2D eigenvalue weighted by Gasteiger charge is -2.61. The molecule has 0 heterocycles. The molecule has 5 rings (SSSR count). The fourth-order valence-electron chi connectivity index (χ4n) is 5.68. The number of carbonyl (C=O) groups excluding carboxylic acids is 2. The predicted molar refractivity (Wildman–Crippen MR) is 82.9 cm³/mol. The van der Waals surface area contributed by atoms with E-state index < -0.39 is 28.5 Å². The highest BCUT2D eigenvalue weighted by Gasteiger charge is 2.60. The van der Waals surface area contributed by atoms with Crippen molar-refractivity contribution in [1.82, 2.24) is 5.32 Å². The number of nitrogens with two attached hydrogens (primary N) is 1. The van der Waals surface area contributed by atoms with Gasteiger partial charge >= 0.3 is 0 Å². The van der Waals surface area contributed by atoms with E-state index in [-0.39, 0.29) is 11.5 Å². The molecule has 4 saturated carbocycles. The zero-order valence-corrected chi connectivity index (χ0v) is 13.3. The maximum Gasteiger partial charge on any atom is 0.254 e. The summed E-state index contributed by atoms with van der Waals surface area (Å²) in [6.45, 7) is 0. The Morgan fingerprint density at radius 2 is 1.79 bits per heavy atom. The van der Waals surface area contributed by atoms with Gasteiger partial charge < -0.3 is 11.1 Å². The number of halogens is 2. The van der Waals surface area contributed by atoms with E-state index >= 15 is 0 Å². The average Bonchev–Trinajstić information content (AvgIpc) is 2.47. The van der Waals surface area contributed by atoms with E-state index in [1.807, 2.05) is 0 Å². The van der Waals surface area contributed by atoms with Crippen LogP contribution >= 0.6 is 0 Å². The summed E-state index contributed by atoms with van der Waals surface area (Å²) < 4.78 is 27.2. The molecule has 0 aromatic heterocycles. The number of primary amides is 1. The third-order valence-corrected chi connectivity index (χ3v) is 6.14. The number of rotatable bonds is 3. The number of benzene rings is 1. The van der Waals surface area contributed by atoms with Gasteiger partial charge in [0, 0.05) is 5.54 Å². The van der Waals surface area contributed by atoms with Gasteiger partial charge in [0.25, 0.3) is 5.91 Å². The smallest absolute Gasteiger partial charge is 0.254 e. The first kappa shape index (κ1) is 15.5. The van der Waals surface area contributed by atoms with E-state index in [1.54, 1.807) is 0 Å². The predicted octanol–water partition coefficient (Wildman–Crippen LogP) is 2.52. The molecule has 4 aliphatic rings. The Bertz CT molecular complexity index is 720. The van der Waals surface area contributed by atoms with Crippen molar-refractivity contribution in [3.8, 4) is 0 Å². The van der Waals surface area contributed by atoms with Crippen molar-refractivity contribution in [1.29, 1.82) is 0 Å². The van der Waals surface area contributed by atoms with Crippen molar-refractivity contribution in [2.24, 2.45) is 23.0 Å². The molecule has 0 saturated heterocycles. The highest BCUT2D eigenvalue weighted by atomic mass is 19.1. The SMILES string of the molecule is NC(=O)C12CC3CC(CC(NC(=O)c4cc(F)ccc4F)(C3)C1)C2. The Morgan fingerprint density at radius 3 is 2.42 bits per heavy atom. The highest BCUT2D eigenvalue weighted by molar-refractivity contribution is 5.95. The van der Waals surface area contributed by atoms with E-state index in [4.69, 9.17) is 5.73 Å². The standard InChI is InChI=1S/C18H20F2N2O2/c19-12-1-2-14(20)13(4-12)15(23)22-18-7-10-3-11(8-18)6-17(5-10,9-18)16(21)24/h1-2,4,10-11H,3,5-9H2,(H2,21,24)(H,22,23). The molecule has 4 fully saturated rings. The van der Waals surface area contributed by atoms with Crippen LogP contribution in [0.15, 0.2) is 18.2 Å². The van der Waals surface area contributed by atoms with Crippen LogP contribution in [0.1, 0.15) is 48.9 Å². The second kappa shape index (κ2) is 5.01. The molecule has 2 atom stereocenters. The van der Waals surface area contributed by atoms with Crippen LogP contribution in [0.2, 0.25) is 0 Å². The summed E-state index contributed by atoms with van der Waals surface area (Å²) in [5.41, 5.74) is 4.29. The van der Waals surface area contributed by atoms with Crippen LogP contribution in [0.4, 0.5) is 8.78 Å². The Kier molecular flexibility index (Phi) is 3.24. The van der Waals surface area contributed by atoms with E-state index in [0.29, 0.717) is 18.3 Å². The molecular formula is C18H20F2N2O2. The molecule has 3 N–H and O–H groups in total. The van der Waals surface area contributed by atoms with Gasteiger partial charge in [-0.1, -0.05) is 0 Å². The Morgan fingerprint density at radius 1 is 1.12 bits per heavy atom. The monoisotopic (exact) mass is 334 g/mol. The first-order chi connectivity index (χ1) is 11.3. The van der Waals surface area contributed by atoms with Crippen molar-refractivity contribution in [2.45, 2.75) is 44.1 Å². The van der Waals surface area contributed by atoms with Crippen molar-refractivity contribution in [3.05, 3.63) is 35.4 Å². The fourth-order valence-corrected chi connectivity index (χ4v) is 5.68. The minimum absolute atomic E-state index is 0.293. The number of nitrogens with one attached hydrogen (secondary N) is 1. The normalized spacial score (nSPS) is 36.6. The average molecular weight is 334 g/mol. The van der Waals surface area contributed by atoms with E-state index in [9.17, 15) is 18.4 Å². The molecule has 4 bridgehead atoms. The summed E-state index contributed by atoms with van der Waals surface area (Å²) in [5.74, 6) is -1.60. The number of hydrogen-bond acceptors (Lipinski definition) is 2. The molecular weight excluding hydrogens is 314 g/mol. The van der Waals surface area contributed by atoms with Crippen LogP contribution in [0.3, 0.4) is 0 Å². The molecule has 6 heteroatoms. The van der Waals surface area contributed by atoms with Crippen molar-refractivity contribution in [3.63, 3.8) is 0 Å². The summed E-state index contributed by atoms with van der Waals surface area (Å²) in [6.07, 6.45) is 4.68. The van der Waals surface area contributed by atoms with E-state index in [1.165, 1.54) is 0 Å². The minimum Gasteiger partial charge on any atom is -0.369 e. The van der Waals surface area contributed by atoms with Gasteiger partial charge in [0.05, 0.1) is 11.0 Å². The van der Waals surface area contributed by atoms with Gasteiger partial charge in [-0.15, -0.1) is 0 Å². The third-order valence-electron chi connectivity index (χ3n) is 6.14. The molecule has 4 aliphatic carbocycles. The van der Waals surface area contributed by atoms with Crippen LogP contribution in [-0.4, -0.2) is 17.4 Å². The first-order valence-electron chi connectivity index (χ1n) is 8.38. The van der Waals surface area contributed by atoms with Crippen molar-refractivity contribution in [2.75, 3.05) is 0 Å². The number of amides is 2. The van der Waals surface area contributed by atoms with Crippen molar-refractivity contribution >= 4 is 11.8 Å². The molecule has 0 spiro atoms. The summed E-state index contributed by atoms with van der Waals surface area (Å²) in [4.78, 5) is 24.6. The molecule has 1 aromatic carbocycles. The van der Waals surface area contributed by atoms with Crippen LogP contribution in [0.25, 0.3) is 0 Å². The second-order valence-electron chi connectivity index (χ2n) is 7.96. The van der Waals surface area contributed by atoms with Gasteiger partial charge in [-0.2, -0.15) is 0 Å². The molecule has 0 radical (unpaired) electrons. The molecule has 2 unspecified atom stereocenters. The minimum atomic E-state index is -0.747. The lowest BCUT2D eigenvalue weighted by molar-refractivity contribution is -0.146. The highest BCUT2D eigenvalue weighted by Crippen LogP contribution is 2.61. The Balaban J connectivity index is 1.63. The zero-order valence-electron chi connectivity index (χ0n) is 13.3. The molecule has 1 aromatic rings. The third kappa shape index (κ3) is 2.31. The largest absolute Gasteiger partial charge is 0.369 e. The van der Waals surface area contributed by atoms with Crippen LogP contribution in [0.5, 0.6) is 0 Å². The fraction of sp³-hybridized carbons (Fsp3) is 0.556. The van der Waals surface area contributed by atoms with Gasteiger partial charge in [-0.25, -0.2) is 8.78 Å². The second-order valence-corrected chi connectivity index (χ2v) is 7.96. The Hall–Kier alpha value is -1.98. The quantitative estimate of drug-likeness (QED) is 0.891.